The molecule has 3 N–H and O–H groups in total. The average molecular weight is 362 g/mol. The van der Waals surface area contributed by atoms with Crippen LogP contribution in [0.25, 0.3) is 22.4 Å². The Balaban J connectivity index is 1.56. The number of nitrogens with zero attached hydrogens (tertiary/aromatic N) is 1. The first-order valence-electron chi connectivity index (χ1n) is 9.67. The van der Waals surface area contributed by atoms with Gasteiger partial charge in [0.1, 0.15) is 5.82 Å². The van der Waals surface area contributed by atoms with Gasteiger partial charge in [0.25, 0.3) is 0 Å². The van der Waals surface area contributed by atoms with Gasteiger partial charge in [0.2, 0.25) is 5.91 Å². The molecule has 5 heteroatoms. The van der Waals surface area contributed by atoms with Gasteiger partial charge in [-0.25, -0.2) is 4.98 Å². The first-order valence-corrected chi connectivity index (χ1v) is 9.67. The molecule has 27 heavy (non-hydrogen) atoms. The van der Waals surface area contributed by atoms with Crippen molar-refractivity contribution >= 4 is 28.3 Å². The van der Waals surface area contributed by atoms with E-state index < -0.39 is 0 Å². The van der Waals surface area contributed by atoms with E-state index >= 15 is 0 Å². The number of fused-ring (bicyclic) bond motifs is 1. The number of anilines is 2. The Kier molecular flexibility index (Phi) is 4.60. The second kappa shape index (κ2) is 7.06. The number of amides is 1. The lowest BCUT2D eigenvalue weighted by Crippen LogP contribution is -2.35. The number of hydrogen-bond acceptors (Lipinski definition) is 3. The molecule has 1 amide bonds. The Hall–Kier alpha value is -2.82. The van der Waals surface area contributed by atoms with E-state index in [1.165, 1.54) is 6.42 Å². The predicted octanol–water partition coefficient (Wildman–Crippen LogP) is 5.18. The standard InChI is InChI=1S/C22H26N4O/c1-22(12-4-3-5-13-22)21(27)24-17-10-11-18-19(14-17)26-20(25-18)15-6-8-16(23-2)9-7-15/h6-11,14,23H,3-5,12-13H2,1-2H3,(H,24,27)(H,25,26). The monoisotopic (exact) mass is 362 g/mol. The smallest absolute Gasteiger partial charge is 0.230 e. The molecule has 1 saturated carbocycles. The molecule has 0 bridgehead atoms. The number of carbonyl (C=O) groups excluding carboxylic acids is 1. The van der Waals surface area contributed by atoms with Crippen LogP contribution >= 0.6 is 0 Å². The number of aromatic nitrogens is 2. The van der Waals surface area contributed by atoms with Crippen LogP contribution in [0, 0.1) is 5.41 Å². The van der Waals surface area contributed by atoms with Gasteiger partial charge in [0.05, 0.1) is 11.0 Å². The van der Waals surface area contributed by atoms with Gasteiger partial charge in [-0.05, 0) is 55.3 Å². The minimum Gasteiger partial charge on any atom is -0.388 e. The van der Waals surface area contributed by atoms with Crippen molar-refractivity contribution in [1.29, 1.82) is 0 Å². The number of aromatic amines is 1. The fourth-order valence-corrected chi connectivity index (χ4v) is 3.86. The number of H-pyrrole nitrogens is 1. The zero-order chi connectivity index (χ0) is 18.9. The molecule has 1 fully saturated rings. The zero-order valence-electron chi connectivity index (χ0n) is 15.9. The van der Waals surface area contributed by atoms with Crippen LogP contribution in [-0.2, 0) is 4.79 Å². The summed E-state index contributed by atoms with van der Waals surface area (Å²) in [7, 11) is 1.90. The Labute approximate surface area is 159 Å². The lowest BCUT2D eigenvalue weighted by molar-refractivity contribution is -0.126. The van der Waals surface area contributed by atoms with E-state index in [0.29, 0.717) is 0 Å². The molecular formula is C22H26N4O. The summed E-state index contributed by atoms with van der Waals surface area (Å²) >= 11 is 0. The maximum atomic E-state index is 12.8. The summed E-state index contributed by atoms with van der Waals surface area (Å²) < 4.78 is 0. The number of nitrogens with one attached hydrogen (secondary N) is 3. The molecule has 0 unspecified atom stereocenters. The third-order valence-electron chi connectivity index (χ3n) is 5.69. The Morgan fingerprint density at radius 1 is 1.04 bits per heavy atom. The van der Waals surface area contributed by atoms with Gasteiger partial charge in [-0.2, -0.15) is 0 Å². The van der Waals surface area contributed by atoms with Crippen LogP contribution in [0.5, 0.6) is 0 Å². The molecule has 1 aromatic heterocycles. The number of imidazole rings is 1. The van der Waals surface area contributed by atoms with Crippen molar-refractivity contribution in [3.63, 3.8) is 0 Å². The molecule has 140 valence electrons. The maximum absolute atomic E-state index is 12.8. The van der Waals surface area contributed by atoms with Crippen molar-refractivity contribution in [3.05, 3.63) is 42.5 Å². The molecule has 0 aliphatic heterocycles. The molecule has 0 spiro atoms. The van der Waals surface area contributed by atoms with Crippen LogP contribution in [0.4, 0.5) is 11.4 Å². The summed E-state index contributed by atoms with van der Waals surface area (Å²) in [4.78, 5) is 20.8. The second-order valence-electron chi connectivity index (χ2n) is 7.72. The Morgan fingerprint density at radius 2 is 1.74 bits per heavy atom. The molecule has 4 rings (SSSR count). The molecule has 0 radical (unpaired) electrons. The minimum atomic E-state index is -0.249. The predicted molar refractivity (Wildman–Crippen MR) is 111 cm³/mol. The summed E-state index contributed by atoms with van der Waals surface area (Å²) in [6, 6.07) is 14.0. The first kappa shape index (κ1) is 17.6. The molecule has 1 aliphatic rings. The van der Waals surface area contributed by atoms with Gasteiger partial charge in [0.15, 0.2) is 0 Å². The highest BCUT2D eigenvalue weighted by Crippen LogP contribution is 2.37. The summed E-state index contributed by atoms with van der Waals surface area (Å²) in [5.41, 5.74) is 4.49. The molecule has 0 saturated heterocycles. The summed E-state index contributed by atoms with van der Waals surface area (Å²) in [6.07, 6.45) is 5.45. The SMILES string of the molecule is CNc1ccc(-c2nc3ccc(NC(=O)C4(C)CCCCC4)cc3[nH]2)cc1. The highest BCUT2D eigenvalue weighted by atomic mass is 16.2. The molecule has 1 aliphatic carbocycles. The first-order chi connectivity index (χ1) is 13.1. The van der Waals surface area contributed by atoms with Gasteiger partial charge < -0.3 is 15.6 Å². The third-order valence-corrected chi connectivity index (χ3v) is 5.69. The van der Waals surface area contributed by atoms with E-state index in [1.807, 2.05) is 49.5 Å². The van der Waals surface area contributed by atoms with E-state index in [9.17, 15) is 4.79 Å². The second-order valence-corrected chi connectivity index (χ2v) is 7.72. The van der Waals surface area contributed by atoms with E-state index in [0.717, 1.165) is 59.5 Å². The van der Waals surface area contributed by atoms with Crippen LogP contribution in [0.1, 0.15) is 39.0 Å². The normalized spacial score (nSPS) is 16.2. The van der Waals surface area contributed by atoms with Crippen molar-refractivity contribution in [2.45, 2.75) is 39.0 Å². The van der Waals surface area contributed by atoms with E-state index in [2.05, 4.69) is 27.5 Å². The molecule has 3 aromatic rings. The van der Waals surface area contributed by atoms with E-state index in [1.54, 1.807) is 0 Å². The van der Waals surface area contributed by atoms with Crippen molar-refractivity contribution in [3.8, 4) is 11.4 Å². The molecule has 0 atom stereocenters. The highest BCUT2D eigenvalue weighted by Gasteiger charge is 2.34. The van der Waals surface area contributed by atoms with Crippen LogP contribution in [0.3, 0.4) is 0 Å². The lowest BCUT2D eigenvalue weighted by atomic mass is 9.75. The third kappa shape index (κ3) is 3.54. The molecular weight excluding hydrogens is 336 g/mol. The van der Waals surface area contributed by atoms with E-state index in [4.69, 9.17) is 0 Å². The van der Waals surface area contributed by atoms with Crippen LogP contribution in [0.15, 0.2) is 42.5 Å². The lowest BCUT2D eigenvalue weighted by Gasteiger charge is -2.32. The van der Waals surface area contributed by atoms with Crippen LogP contribution < -0.4 is 10.6 Å². The molecule has 5 nitrogen and oxygen atoms in total. The van der Waals surface area contributed by atoms with E-state index in [-0.39, 0.29) is 11.3 Å². The number of rotatable bonds is 4. The van der Waals surface area contributed by atoms with Gasteiger partial charge in [-0.3, -0.25) is 4.79 Å². The number of hydrogen-bond donors (Lipinski definition) is 3. The number of carbonyl (C=O) groups is 1. The zero-order valence-corrected chi connectivity index (χ0v) is 15.9. The van der Waals surface area contributed by atoms with Gasteiger partial charge >= 0.3 is 0 Å². The average Bonchev–Trinajstić information content (AvgIpc) is 3.12. The summed E-state index contributed by atoms with van der Waals surface area (Å²) in [5, 5.41) is 6.23. The van der Waals surface area contributed by atoms with Crippen LogP contribution in [-0.4, -0.2) is 22.9 Å². The van der Waals surface area contributed by atoms with Crippen molar-refractivity contribution < 1.29 is 4.79 Å². The Bertz CT molecular complexity index is 952. The number of benzene rings is 2. The summed E-state index contributed by atoms with van der Waals surface area (Å²) in [6.45, 7) is 2.09. The van der Waals surface area contributed by atoms with Crippen molar-refractivity contribution in [2.24, 2.45) is 5.41 Å². The van der Waals surface area contributed by atoms with Crippen LogP contribution in [0.2, 0.25) is 0 Å². The van der Waals surface area contributed by atoms with Crippen molar-refractivity contribution in [2.75, 3.05) is 17.7 Å². The molecule has 1 heterocycles. The quantitative estimate of drug-likeness (QED) is 0.599. The van der Waals surface area contributed by atoms with Gasteiger partial charge in [-0.1, -0.05) is 26.2 Å². The Morgan fingerprint density at radius 3 is 2.44 bits per heavy atom. The van der Waals surface area contributed by atoms with Crippen molar-refractivity contribution in [1.82, 2.24) is 9.97 Å². The van der Waals surface area contributed by atoms with Gasteiger partial charge in [0, 0.05) is 29.4 Å². The maximum Gasteiger partial charge on any atom is 0.230 e. The fraction of sp³-hybridized carbons (Fsp3) is 0.364. The van der Waals surface area contributed by atoms with Gasteiger partial charge in [-0.15, -0.1) is 0 Å². The largest absolute Gasteiger partial charge is 0.388 e. The topological polar surface area (TPSA) is 69.8 Å². The summed E-state index contributed by atoms with van der Waals surface area (Å²) in [5.74, 6) is 0.958. The highest BCUT2D eigenvalue weighted by molar-refractivity contribution is 5.97. The fourth-order valence-electron chi connectivity index (χ4n) is 3.86. The minimum absolute atomic E-state index is 0.129. The molecule has 2 aromatic carbocycles.